The zero-order chi connectivity index (χ0) is 13.2. The van der Waals surface area contributed by atoms with Crippen molar-refractivity contribution in [1.82, 2.24) is 9.38 Å². The van der Waals surface area contributed by atoms with Gasteiger partial charge in [0.2, 0.25) is 0 Å². The summed E-state index contributed by atoms with van der Waals surface area (Å²) >= 11 is 0. The summed E-state index contributed by atoms with van der Waals surface area (Å²) in [4.78, 5) is 4.43. The minimum atomic E-state index is -0.213. The first-order valence-corrected chi connectivity index (χ1v) is 6.14. The molecule has 0 saturated carbocycles. The number of imidazole rings is 1. The molecular formula is C15H14FN3. The molecule has 0 bridgehead atoms. The quantitative estimate of drug-likeness (QED) is 0.779. The number of hydrogen-bond acceptors (Lipinski definition) is 2. The van der Waals surface area contributed by atoms with Gasteiger partial charge >= 0.3 is 0 Å². The monoisotopic (exact) mass is 255 g/mol. The number of benzene rings is 1. The molecule has 3 rings (SSSR count). The number of nitrogens with one attached hydrogen (secondary N) is 1. The van der Waals surface area contributed by atoms with Crippen LogP contribution in [-0.4, -0.2) is 16.4 Å². The zero-order valence-corrected chi connectivity index (χ0v) is 10.6. The molecule has 1 N–H and O–H groups in total. The molecule has 96 valence electrons. The van der Waals surface area contributed by atoms with Crippen molar-refractivity contribution in [2.24, 2.45) is 0 Å². The molecule has 0 spiro atoms. The number of rotatable bonds is 3. The number of nitrogens with zero attached hydrogens (tertiary/aromatic N) is 2. The first-order chi connectivity index (χ1) is 9.26. The molecule has 0 aliphatic heterocycles. The zero-order valence-electron chi connectivity index (χ0n) is 10.6. The number of halogens is 1. The molecule has 2 aromatic heterocycles. The Kier molecular flexibility index (Phi) is 2.91. The van der Waals surface area contributed by atoms with E-state index in [9.17, 15) is 4.39 Å². The van der Waals surface area contributed by atoms with Crippen LogP contribution >= 0.6 is 0 Å². The average molecular weight is 255 g/mol. The smallest absolute Gasteiger partial charge is 0.123 e. The van der Waals surface area contributed by atoms with E-state index in [0.717, 1.165) is 22.6 Å². The first kappa shape index (κ1) is 11.7. The summed E-state index contributed by atoms with van der Waals surface area (Å²) in [6.07, 6.45) is 4.53. The van der Waals surface area contributed by atoms with E-state index in [1.165, 1.54) is 12.1 Å². The van der Waals surface area contributed by atoms with Crippen molar-refractivity contribution in [3.8, 4) is 0 Å². The van der Waals surface area contributed by atoms with Crippen molar-refractivity contribution in [3.63, 3.8) is 0 Å². The maximum Gasteiger partial charge on any atom is 0.123 e. The lowest BCUT2D eigenvalue weighted by molar-refractivity contribution is 0.627. The van der Waals surface area contributed by atoms with Gasteiger partial charge < -0.3 is 9.72 Å². The third-order valence-corrected chi connectivity index (χ3v) is 3.17. The Hall–Kier alpha value is -2.36. The molecule has 0 aliphatic carbocycles. The molecule has 0 saturated heterocycles. The average Bonchev–Trinajstić information content (AvgIpc) is 2.83. The second-order valence-electron chi connectivity index (χ2n) is 4.44. The summed E-state index contributed by atoms with van der Waals surface area (Å²) in [6, 6.07) is 10.6. The Labute approximate surface area is 110 Å². The van der Waals surface area contributed by atoms with Gasteiger partial charge in [-0.1, -0.05) is 12.1 Å². The summed E-state index contributed by atoms with van der Waals surface area (Å²) < 4.78 is 14.9. The van der Waals surface area contributed by atoms with Crippen LogP contribution in [-0.2, 0) is 6.42 Å². The lowest BCUT2D eigenvalue weighted by Crippen LogP contribution is -1.97. The van der Waals surface area contributed by atoms with Crippen molar-refractivity contribution in [2.45, 2.75) is 6.42 Å². The van der Waals surface area contributed by atoms with Gasteiger partial charge in [-0.2, -0.15) is 0 Å². The van der Waals surface area contributed by atoms with Crippen LogP contribution in [0.4, 0.5) is 10.1 Å². The van der Waals surface area contributed by atoms with Crippen molar-refractivity contribution in [1.29, 1.82) is 0 Å². The SMILES string of the molecule is CNc1ccn2c(Cc3ccc(F)cc3)ncc2c1. The topological polar surface area (TPSA) is 29.3 Å². The fraction of sp³-hybridized carbons (Fsp3) is 0.133. The standard InChI is InChI=1S/C15H14FN3/c1-17-13-6-7-19-14(9-13)10-18-15(19)8-11-2-4-12(16)5-3-11/h2-7,9-10,17H,8H2,1H3. The summed E-state index contributed by atoms with van der Waals surface area (Å²) in [7, 11) is 1.89. The molecule has 0 aliphatic rings. The lowest BCUT2D eigenvalue weighted by Gasteiger charge is -2.04. The molecule has 0 radical (unpaired) electrons. The van der Waals surface area contributed by atoms with Gasteiger partial charge in [-0.15, -0.1) is 0 Å². The van der Waals surface area contributed by atoms with Crippen LogP contribution in [0.3, 0.4) is 0 Å². The maximum atomic E-state index is 12.9. The predicted molar refractivity (Wildman–Crippen MR) is 73.9 cm³/mol. The molecule has 0 fully saturated rings. The molecular weight excluding hydrogens is 241 g/mol. The molecule has 0 amide bonds. The second kappa shape index (κ2) is 4.72. The molecule has 2 heterocycles. The van der Waals surface area contributed by atoms with E-state index < -0.39 is 0 Å². The van der Waals surface area contributed by atoms with E-state index in [1.54, 1.807) is 12.1 Å². The Balaban J connectivity index is 1.95. The third kappa shape index (κ3) is 2.29. The van der Waals surface area contributed by atoms with E-state index in [-0.39, 0.29) is 5.82 Å². The fourth-order valence-electron chi connectivity index (χ4n) is 2.13. The number of anilines is 1. The van der Waals surface area contributed by atoms with Gasteiger partial charge in [0, 0.05) is 25.4 Å². The van der Waals surface area contributed by atoms with Crippen LogP contribution in [0.1, 0.15) is 11.4 Å². The van der Waals surface area contributed by atoms with Gasteiger partial charge in [0.15, 0.2) is 0 Å². The number of hydrogen-bond donors (Lipinski definition) is 1. The Morgan fingerprint density at radius 1 is 1.21 bits per heavy atom. The van der Waals surface area contributed by atoms with Gasteiger partial charge in [0.1, 0.15) is 11.6 Å². The van der Waals surface area contributed by atoms with E-state index in [4.69, 9.17) is 0 Å². The molecule has 4 heteroatoms. The molecule has 0 unspecified atom stereocenters. The minimum absolute atomic E-state index is 0.213. The first-order valence-electron chi connectivity index (χ1n) is 6.14. The van der Waals surface area contributed by atoms with Crippen LogP contribution in [0, 0.1) is 5.82 Å². The number of fused-ring (bicyclic) bond motifs is 1. The van der Waals surface area contributed by atoms with Gasteiger partial charge in [-0.25, -0.2) is 9.37 Å². The number of aromatic nitrogens is 2. The van der Waals surface area contributed by atoms with Crippen molar-refractivity contribution >= 4 is 11.2 Å². The molecule has 1 aromatic carbocycles. The highest BCUT2D eigenvalue weighted by Gasteiger charge is 2.05. The molecule has 3 aromatic rings. The van der Waals surface area contributed by atoms with Crippen LogP contribution in [0.25, 0.3) is 5.52 Å². The normalized spacial score (nSPS) is 10.8. The van der Waals surface area contributed by atoms with Crippen LogP contribution in [0.2, 0.25) is 0 Å². The Morgan fingerprint density at radius 3 is 2.74 bits per heavy atom. The molecule has 0 atom stereocenters. The highest BCUT2D eigenvalue weighted by atomic mass is 19.1. The van der Waals surface area contributed by atoms with E-state index in [0.29, 0.717) is 6.42 Å². The van der Waals surface area contributed by atoms with Gasteiger partial charge in [-0.3, -0.25) is 0 Å². The highest BCUT2D eigenvalue weighted by Crippen LogP contribution is 2.16. The van der Waals surface area contributed by atoms with Crippen molar-refractivity contribution in [3.05, 3.63) is 66.0 Å². The van der Waals surface area contributed by atoms with Crippen LogP contribution < -0.4 is 5.32 Å². The van der Waals surface area contributed by atoms with E-state index in [1.807, 2.05) is 36.0 Å². The fourth-order valence-corrected chi connectivity index (χ4v) is 2.13. The minimum Gasteiger partial charge on any atom is -0.388 e. The third-order valence-electron chi connectivity index (χ3n) is 3.17. The van der Waals surface area contributed by atoms with Gasteiger partial charge in [0.05, 0.1) is 11.7 Å². The van der Waals surface area contributed by atoms with Gasteiger partial charge in [0.25, 0.3) is 0 Å². The summed E-state index contributed by atoms with van der Waals surface area (Å²) in [6.45, 7) is 0. The largest absolute Gasteiger partial charge is 0.388 e. The second-order valence-corrected chi connectivity index (χ2v) is 4.44. The highest BCUT2D eigenvalue weighted by molar-refractivity contribution is 5.58. The van der Waals surface area contributed by atoms with Gasteiger partial charge in [-0.05, 0) is 29.8 Å². The lowest BCUT2D eigenvalue weighted by atomic mass is 10.1. The maximum absolute atomic E-state index is 12.9. The predicted octanol–water partition coefficient (Wildman–Crippen LogP) is 3.11. The molecule has 3 nitrogen and oxygen atoms in total. The molecule has 19 heavy (non-hydrogen) atoms. The Morgan fingerprint density at radius 2 is 2.00 bits per heavy atom. The summed E-state index contributed by atoms with van der Waals surface area (Å²) in [5, 5.41) is 3.10. The Bertz CT molecular complexity index is 701. The van der Waals surface area contributed by atoms with Crippen LogP contribution in [0.5, 0.6) is 0 Å². The van der Waals surface area contributed by atoms with E-state index in [2.05, 4.69) is 10.3 Å². The van der Waals surface area contributed by atoms with E-state index >= 15 is 0 Å². The van der Waals surface area contributed by atoms with Crippen LogP contribution in [0.15, 0.2) is 48.8 Å². The van der Waals surface area contributed by atoms with Crippen molar-refractivity contribution < 1.29 is 4.39 Å². The summed E-state index contributed by atoms with van der Waals surface area (Å²) in [5.41, 5.74) is 3.15. The summed E-state index contributed by atoms with van der Waals surface area (Å²) in [5.74, 6) is 0.736. The number of pyridine rings is 1. The van der Waals surface area contributed by atoms with Crippen molar-refractivity contribution in [2.75, 3.05) is 12.4 Å².